The van der Waals surface area contributed by atoms with E-state index in [0.29, 0.717) is 38.3 Å². The Hall–Kier alpha value is -3.96. The number of carboxylic acids is 1. The molecule has 4 N–H and O–H groups in total. The van der Waals surface area contributed by atoms with Gasteiger partial charge in [0.2, 0.25) is 10.0 Å². The van der Waals surface area contributed by atoms with Gasteiger partial charge in [0.25, 0.3) is 0 Å². The number of likely N-dealkylation sites (tertiary alicyclic amines) is 1. The van der Waals surface area contributed by atoms with Crippen LogP contribution in [0.1, 0.15) is 17.7 Å². The summed E-state index contributed by atoms with van der Waals surface area (Å²) in [6.45, 7) is 3.77. The van der Waals surface area contributed by atoms with Crippen molar-refractivity contribution in [3.63, 3.8) is 0 Å². The summed E-state index contributed by atoms with van der Waals surface area (Å²) in [5.41, 5.74) is 1.33. The number of rotatable bonds is 7. The van der Waals surface area contributed by atoms with Crippen molar-refractivity contribution >= 4 is 38.6 Å². The molecule has 0 spiro atoms. The zero-order chi connectivity index (χ0) is 32.0. The Balaban J connectivity index is 0.000000646. The van der Waals surface area contributed by atoms with Crippen LogP contribution >= 0.6 is 0 Å². The first kappa shape index (κ1) is 33.5. The van der Waals surface area contributed by atoms with Crippen LogP contribution in [0, 0.1) is 6.92 Å². The van der Waals surface area contributed by atoms with Gasteiger partial charge in [0.15, 0.2) is 0 Å². The van der Waals surface area contributed by atoms with E-state index >= 15 is 0 Å². The van der Waals surface area contributed by atoms with Crippen LogP contribution in [0.25, 0.3) is 10.9 Å². The lowest BCUT2D eigenvalue weighted by atomic mass is 10.1. The molecule has 17 heteroatoms. The molecule has 0 radical (unpaired) electrons. The molecule has 1 fully saturated rings. The molecule has 2 amide bonds. The summed E-state index contributed by atoms with van der Waals surface area (Å²) >= 11 is 0. The number of pyridine rings is 1. The van der Waals surface area contributed by atoms with Gasteiger partial charge in [-0.3, -0.25) is 9.88 Å². The number of aliphatic carboxylic acids is 1. The topological polar surface area (TPSA) is 141 Å². The van der Waals surface area contributed by atoms with E-state index in [4.69, 9.17) is 9.90 Å². The number of carboxylic acid groups (broad SMARTS) is 1. The minimum absolute atomic E-state index is 0.217. The number of nitrogens with one attached hydrogen (secondary N) is 3. The first-order valence-electron chi connectivity index (χ1n) is 12.6. The van der Waals surface area contributed by atoms with Gasteiger partial charge in [0.05, 0.1) is 21.7 Å². The number of aryl methyl sites for hydroxylation is 1. The third-order valence-electron chi connectivity index (χ3n) is 6.13. The van der Waals surface area contributed by atoms with E-state index < -0.39 is 33.9 Å². The van der Waals surface area contributed by atoms with Gasteiger partial charge in [-0.2, -0.15) is 26.3 Å². The normalized spacial score (nSPS) is 15.9. The van der Waals surface area contributed by atoms with Gasteiger partial charge in [0.1, 0.15) is 0 Å². The third-order valence-corrected chi connectivity index (χ3v) is 7.67. The zero-order valence-electron chi connectivity index (χ0n) is 22.5. The molecule has 43 heavy (non-hydrogen) atoms. The highest BCUT2D eigenvalue weighted by atomic mass is 32.2. The van der Waals surface area contributed by atoms with Gasteiger partial charge in [-0.15, -0.1) is 0 Å². The van der Waals surface area contributed by atoms with Crippen molar-refractivity contribution in [1.82, 2.24) is 19.9 Å². The summed E-state index contributed by atoms with van der Waals surface area (Å²) in [5.74, 6) is -2.76. The number of benzene rings is 2. The van der Waals surface area contributed by atoms with Gasteiger partial charge in [-0.25, -0.2) is 22.7 Å². The van der Waals surface area contributed by atoms with E-state index in [1.165, 1.54) is 0 Å². The van der Waals surface area contributed by atoms with Crippen molar-refractivity contribution in [2.45, 2.75) is 36.6 Å². The molecular formula is C26H27F6N5O5S. The highest BCUT2D eigenvalue weighted by Crippen LogP contribution is 2.30. The molecule has 3 aromatic rings. The number of alkyl halides is 6. The molecule has 1 aliphatic heterocycles. The first-order chi connectivity index (χ1) is 20.0. The maximum Gasteiger partial charge on any atom is 0.490 e. The fraction of sp³-hybridized carbons (Fsp3) is 0.346. The molecule has 2 aromatic carbocycles. The van der Waals surface area contributed by atoms with Crippen LogP contribution in [0.2, 0.25) is 0 Å². The van der Waals surface area contributed by atoms with E-state index in [1.54, 1.807) is 6.07 Å². The van der Waals surface area contributed by atoms with Gasteiger partial charge in [-0.05, 0) is 56.3 Å². The number of sulfonamides is 1. The summed E-state index contributed by atoms with van der Waals surface area (Å²) in [5, 5.41) is 13.6. The molecular weight excluding hydrogens is 608 g/mol. The molecule has 0 bridgehead atoms. The van der Waals surface area contributed by atoms with Gasteiger partial charge >= 0.3 is 24.4 Å². The van der Waals surface area contributed by atoms with Gasteiger partial charge in [-0.1, -0.05) is 18.2 Å². The van der Waals surface area contributed by atoms with E-state index in [1.807, 2.05) is 36.1 Å². The second-order valence-electron chi connectivity index (χ2n) is 9.44. The fourth-order valence-corrected chi connectivity index (χ4v) is 5.41. The standard InChI is InChI=1S/C24H26F3N5O3S.C2HF3O2/c1-16-14-22(20-4-2-3-5-21(20)29-16)30-23(33)28-11-13-32-12-10-18(15-32)31-36(34,35)19-8-6-17(7-9-19)24(25,26)27;3-2(4,5)1(6)7/h2-9,14,18,31H,10-13,15H2,1H3,(H2,28,29,30,33);(H,6,7). The molecule has 1 aromatic heterocycles. The van der Waals surface area contributed by atoms with Crippen LogP contribution in [0.3, 0.4) is 0 Å². The van der Waals surface area contributed by atoms with Crippen molar-refractivity contribution in [2.24, 2.45) is 0 Å². The molecule has 0 saturated carbocycles. The Labute approximate surface area is 242 Å². The zero-order valence-corrected chi connectivity index (χ0v) is 23.3. The molecule has 0 aliphatic carbocycles. The lowest BCUT2D eigenvalue weighted by Gasteiger charge is -2.17. The number of hydrogen-bond donors (Lipinski definition) is 4. The van der Waals surface area contributed by atoms with Crippen LogP contribution in [0.5, 0.6) is 0 Å². The predicted octanol–water partition coefficient (Wildman–Crippen LogP) is 4.37. The quantitative estimate of drug-likeness (QED) is 0.283. The van der Waals surface area contributed by atoms with Crippen LogP contribution < -0.4 is 15.4 Å². The number of aromatic nitrogens is 1. The molecule has 4 rings (SSSR count). The number of halogens is 6. The number of para-hydroxylation sites is 1. The summed E-state index contributed by atoms with van der Waals surface area (Å²) in [6, 6.07) is 12.0. The Bertz CT molecular complexity index is 1550. The molecule has 1 unspecified atom stereocenters. The van der Waals surface area contributed by atoms with Gasteiger partial charge in [0, 0.05) is 36.8 Å². The van der Waals surface area contributed by atoms with E-state index in [2.05, 4.69) is 20.3 Å². The van der Waals surface area contributed by atoms with Crippen LogP contribution in [-0.4, -0.2) is 73.8 Å². The van der Waals surface area contributed by atoms with Crippen molar-refractivity contribution in [2.75, 3.05) is 31.5 Å². The number of carbonyl (C=O) groups is 2. The predicted molar refractivity (Wildman–Crippen MR) is 144 cm³/mol. The van der Waals surface area contributed by atoms with E-state index in [-0.39, 0.29) is 17.0 Å². The lowest BCUT2D eigenvalue weighted by molar-refractivity contribution is -0.192. The average molecular weight is 636 g/mol. The molecule has 1 aliphatic rings. The SMILES string of the molecule is Cc1cc(NC(=O)NCCN2CCC(NS(=O)(=O)c3ccc(C(F)(F)F)cc3)C2)c2ccccc2n1.O=C(O)C(F)(F)F. The highest BCUT2D eigenvalue weighted by molar-refractivity contribution is 7.89. The number of amides is 2. The minimum atomic E-state index is -5.08. The van der Waals surface area contributed by atoms with Gasteiger partial charge < -0.3 is 15.7 Å². The minimum Gasteiger partial charge on any atom is -0.475 e. The van der Waals surface area contributed by atoms with Crippen LogP contribution in [0.15, 0.2) is 59.5 Å². The Kier molecular flexibility index (Phi) is 10.6. The number of urea groups is 1. The molecule has 2 heterocycles. The highest BCUT2D eigenvalue weighted by Gasteiger charge is 2.38. The third kappa shape index (κ3) is 9.79. The Morgan fingerprint density at radius 3 is 2.28 bits per heavy atom. The second-order valence-corrected chi connectivity index (χ2v) is 11.2. The summed E-state index contributed by atoms with van der Waals surface area (Å²) < 4.78 is 97.6. The lowest BCUT2D eigenvalue weighted by Crippen LogP contribution is -2.39. The smallest absolute Gasteiger partial charge is 0.475 e. The molecule has 234 valence electrons. The first-order valence-corrected chi connectivity index (χ1v) is 14.1. The van der Waals surface area contributed by atoms with E-state index in [9.17, 15) is 39.6 Å². The van der Waals surface area contributed by atoms with Crippen molar-refractivity contribution in [1.29, 1.82) is 0 Å². The van der Waals surface area contributed by atoms with Crippen molar-refractivity contribution in [3.8, 4) is 0 Å². The number of nitrogens with zero attached hydrogens (tertiary/aromatic N) is 2. The molecule has 1 saturated heterocycles. The monoisotopic (exact) mass is 635 g/mol. The van der Waals surface area contributed by atoms with Crippen molar-refractivity contribution < 1.29 is 49.5 Å². The fourth-order valence-electron chi connectivity index (χ4n) is 4.15. The summed E-state index contributed by atoms with van der Waals surface area (Å²) in [7, 11) is -3.95. The second kappa shape index (κ2) is 13.6. The summed E-state index contributed by atoms with van der Waals surface area (Å²) in [4.78, 5) is 27.5. The Morgan fingerprint density at radius 2 is 1.67 bits per heavy atom. The average Bonchev–Trinajstić information content (AvgIpc) is 3.34. The van der Waals surface area contributed by atoms with E-state index in [0.717, 1.165) is 40.9 Å². The number of fused-ring (bicyclic) bond motifs is 1. The van der Waals surface area contributed by atoms with Crippen LogP contribution in [-0.2, 0) is 21.0 Å². The number of hydrogen-bond acceptors (Lipinski definition) is 6. The summed E-state index contributed by atoms with van der Waals surface area (Å²) in [6.07, 6.45) is -9.06. The maximum atomic E-state index is 12.7. The van der Waals surface area contributed by atoms with Crippen molar-refractivity contribution in [3.05, 3.63) is 65.9 Å². The number of carbonyl (C=O) groups excluding carboxylic acids is 1. The maximum absolute atomic E-state index is 12.7. The molecule has 1 atom stereocenters. The number of anilines is 1. The molecule has 10 nitrogen and oxygen atoms in total. The Morgan fingerprint density at radius 1 is 1.05 bits per heavy atom. The largest absolute Gasteiger partial charge is 0.490 e. The van der Waals surface area contributed by atoms with Crippen LogP contribution in [0.4, 0.5) is 36.8 Å².